The standard InChI is InChI=1S/C21H27N5O2S/c1-26(2)14-19(27)24-16-6-4-15(5-7-16)20(28)25-17-8-10-18(11-9-17)29-21-22-12-3-13-23-21/h3-7,12-13,17-18H,8-11,14H2,1-2H3,(H,24,27)(H,25,28). The van der Waals surface area contributed by atoms with E-state index < -0.39 is 0 Å². The number of carbonyl (C=O) groups excluding carboxylic acids is 2. The molecule has 0 radical (unpaired) electrons. The van der Waals surface area contributed by atoms with Crippen LogP contribution in [0.5, 0.6) is 0 Å². The highest BCUT2D eigenvalue weighted by atomic mass is 32.2. The molecule has 1 fully saturated rings. The molecule has 3 rings (SSSR count). The number of thioether (sulfide) groups is 1. The van der Waals surface area contributed by atoms with Gasteiger partial charge in [-0.05, 0) is 70.1 Å². The molecule has 0 atom stereocenters. The fourth-order valence-electron chi connectivity index (χ4n) is 3.28. The average molecular weight is 414 g/mol. The van der Waals surface area contributed by atoms with Gasteiger partial charge >= 0.3 is 0 Å². The largest absolute Gasteiger partial charge is 0.349 e. The maximum Gasteiger partial charge on any atom is 0.251 e. The third-order valence-electron chi connectivity index (χ3n) is 4.71. The van der Waals surface area contributed by atoms with Crippen LogP contribution in [0.4, 0.5) is 5.69 Å². The van der Waals surface area contributed by atoms with Gasteiger partial charge in [0.1, 0.15) is 0 Å². The van der Waals surface area contributed by atoms with Gasteiger partial charge in [-0.2, -0.15) is 0 Å². The number of anilines is 1. The molecule has 7 nitrogen and oxygen atoms in total. The van der Waals surface area contributed by atoms with E-state index in [4.69, 9.17) is 0 Å². The third kappa shape index (κ3) is 6.83. The molecular weight excluding hydrogens is 386 g/mol. The van der Waals surface area contributed by atoms with Gasteiger partial charge in [0.15, 0.2) is 5.16 Å². The maximum absolute atomic E-state index is 12.5. The molecule has 0 saturated heterocycles. The SMILES string of the molecule is CN(C)CC(=O)Nc1ccc(C(=O)NC2CCC(Sc3ncccn3)CC2)cc1. The molecule has 2 N–H and O–H groups in total. The van der Waals surface area contributed by atoms with Crippen molar-refractivity contribution in [1.29, 1.82) is 0 Å². The van der Waals surface area contributed by atoms with E-state index in [0.717, 1.165) is 30.8 Å². The molecule has 154 valence electrons. The van der Waals surface area contributed by atoms with Gasteiger partial charge in [-0.15, -0.1) is 0 Å². The fourth-order valence-corrected chi connectivity index (χ4v) is 4.33. The Kier molecular flexibility index (Phi) is 7.60. The average Bonchev–Trinajstić information content (AvgIpc) is 2.70. The Morgan fingerprint density at radius 2 is 1.72 bits per heavy atom. The predicted octanol–water partition coefficient (Wildman–Crippen LogP) is 2.81. The Bertz CT molecular complexity index is 806. The second kappa shape index (κ2) is 10.4. The summed E-state index contributed by atoms with van der Waals surface area (Å²) in [6.45, 7) is 0.319. The van der Waals surface area contributed by atoms with Crippen LogP contribution in [0.25, 0.3) is 0 Å². The topological polar surface area (TPSA) is 87.2 Å². The molecule has 1 aliphatic carbocycles. The van der Waals surface area contributed by atoms with Gasteiger partial charge in [-0.3, -0.25) is 9.59 Å². The lowest BCUT2D eigenvalue weighted by molar-refractivity contribution is -0.116. The molecule has 0 unspecified atom stereocenters. The first-order valence-corrected chi connectivity index (χ1v) is 10.7. The number of carbonyl (C=O) groups is 2. The summed E-state index contributed by atoms with van der Waals surface area (Å²) < 4.78 is 0. The highest BCUT2D eigenvalue weighted by Gasteiger charge is 2.24. The number of likely N-dealkylation sites (N-methyl/N-ethyl adjacent to an activating group) is 1. The van der Waals surface area contributed by atoms with Crippen molar-refractivity contribution in [2.45, 2.75) is 42.1 Å². The quantitative estimate of drug-likeness (QED) is 0.679. The molecular formula is C21H27N5O2S. The lowest BCUT2D eigenvalue weighted by Crippen LogP contribution is -2.38. The Hall–Kier alpha value is -2.45. The number of rotatable bonds is 7. The Morgan fingerprint density at radius 3 is 2.34 bits per heavy atom. The van der Waals surface area contributed by atoms with Crippen molar-refractivity contribution in [2.75, 3.05) is 26.0 Å². The van der Waals surface area contributed by atoms with E-state index in [1.54, 1.807) is 53.3 Å². The molecule has 1 aromatic heterocycles. The monoisotopic (exact) mass is 413 g/mol. The summed E-state index contributed by atoms with van der Waals surface area (Å²) >= 11 is 1.72. The van der Waals surface area contributed by atoms with Gasteiger partial charge < -0.3 is 15.5 Å². The number of aromatic nitrogens is 2. The van der Waals surface area contributed by atoms with Gasteiger partial charge in [0.05, 0.1) is 6.54 Å². The zero-order valence-corrected chi connectivity index (χ0v) is 17.6. The van der Waals surface area contributed by atoms with Crippen LogP contribution in [0.3, 0.4) is 0 Å². The maximum atomic E-state index is 12.5. The van der Waals surface area contributed by atoms with E-state index in [0.29, 0.717) is 23.0 Å². The first-order valence-electron chi connectivity index (χ1n) is 9.79. The first-order chi connectivity index (χ1) is 14.0. The van der Waals surface area contributed by atoms with Crippen LogP contribution >= 0.6 is 11.8 Å². The molecule has 1 aromatic carbocycles. The number of hydrogen-bond donors (Lipinski definition) is 2. The minimum Gasteiger partial charge on any atom is -0.349 e. The summed E-state index contributed by atoms with van der Waals surface area (Å²) in [6, 6.07) is 9.02. The van der Waals surface area contributed by atoms with Crippen molar-refractivity contribution < 1.29 is 9.59 Å². The molecule has 0 aliphatic heterocycles. The van der Waals surface area contributed by atoms with Crippen molar-refractivity contribution >= 4 is 29.3 Å². The number of nitrogens with zero attached hydrogens (tertiary/aromatic N) is 3. The normalized spacial score (nSPS) is 19.0. The van der Waals surface area contributed by atoms with Gasteiger partial charge in [0.2, 0.25) is 5.91 Å². The number of hydrogen-bond acceptors (Lipinski definition) is 6. The summed E-state index contributed by atoms with van der Waals surface area (Å²) in [5.74, 6) is -0.151. The molecule has 2 aromatic rings. The molecule has 29 heavy (non-hydrogen) atoms. The second-order valence-corrected chi connectivity index (χ2v) is 8.73. The Labute approximate surface area is 175 Å². The fraction of sp³-hybridized carbons (Fsp3) is 0.429. The van der Waals surface area contributed by atoms with E-state index in [-0.39, 0.29) is 17.9 Å². The van der Waals surface area contributed by atoms with Crippen LogP contribution in [0.15, 0.2) is 47.9 Å². The van der Waals surface area contributed by atoms with Gasteiger partial charge in [0.25, 0.3) is 5.91 Å². The zero-order chi connectivity index (χ0) is 20.6. The Morgan fingerprint density at radius 1 is 1.07 bits per heavy atom. The lowest BCUT2D eigenvalue weighted by Gasteiger charge is -2.28. The summed E-state index contributed by atoms with van der Waals surface area (Å²) in [5.41, 5.74) is 1.29. The number of nitrogens with one attached hydrogen (secondary N) is 2. The number of benzene rings is 1. The smallest absolute Gasteiger partial charge is 0.251 e. The predicted molar refractivity (Wildman–Crippen MR) is 115 cm³/mol. The van der Waals surface area contributed by atoms with E-state index in [1.165, 1.54) is 0 Å². The summed E-state index contributed by atoms with van der Waals surface area (Å²) in [6.07, 6.45) is 7.50. The first kappa shape index (κ1) is 21.3. The van der Waals surface area contributed by atoms with Crippen LogP contribution in [0.1, 0.15) is 36.0 Å². The molecule has 1 heterocycles. The minimum atomic E-state index is -0.0808. The van der Waals surface area contributed by atoms with Crippen molar-refractivity contribution in [3.8, 4) is 0 Å². The Balaban J connectivity index is 1.44. The highest BCUT2D eigenvalue weighted by Crippen LogP contribution is 2.31. The molecule has 8 heteroatoms. The van der Waals surface area contributed by atoms with Crippen molar-refractivity contribution in [2.24, 2.45) is 0 Å². The summed E-state index contributed by atoms with van der Waals surface area (Å²) in [5, 5.41) is 7.27. The van der Waals surface area contributed by atoms with Crippen LogP contribution in [-0.2, 0) is 4.79 Å². The van der Waals surface area contributed by atoms with Crippen LogP contribution in [-0.4, -0.2) is 58.6 Å². The summed E-state index contributed by atoms with van der Waals surface area (Å²) in [4.78, 5) is 34.7. The van der Waals surface area contributed by atoms with E-state index in [1.807, 2.05) is 20.2 Å². The van der Waals surface area contributed by atoms with Gasteiger partial charge in [-0.25, -0.2) is 9.97 Å². The van der Waals surface area contributed by atoms with Crippen molar-refractivity contribution in [1.82, 2.24) is 20.2 Å². The molecule has 0 bridgehead atoms. The van der Waals surface area contributed by atoms with E-state index >= 15 is 0 Å². The van der Waals surface area contributed by atoms with E-state index in [9.17, 15) is 9.59 Å². The molecule has 0 spiro atoms. The molecule has 1 aliphatic rings. The lowest BCUT2D eigenvalue weighted by atomic mass is 9.94. The summed E-state index contributed by atoms with van der Waals surface area (Å²) in [7, 11) is 3.68. The van der Waals surface area contributed by atoms with Crippen molar-refractivity contribution in [3.63, 3.8) is 0 Å². The second-order valence-electron chi connectivity index (χ2n) is 7.46. The van der Waals surface area contributed by atoms with Gasteiger partial charge in [0, 0.05) is 34.9 Å². The van der Waals surface area contributed by atoms with Crippen LogP contribution in [0.2, 0.25) is 0 Å². The van der Waals surface area contributed by atoms with Crippen LogP contribution in [0, 0.1) is 0 Å². The van der Waals surface area contributed by atoms with Crippen molar-refractivity contribution in [3.05, 3.63) is 48.3 Å². The van der Waals surface area contributed by atoms with Crippen LogP contribution < -0.4 is 10.6 Å². The van der Waals surface area contributed by atoms with Gasteiger partial charge in [-0.1, -0.05) is 11.8 Å². The highest BCUT2D eigenvalue weighted by molar-refractivity contribution is 7.99. The van der Waals surface area contributed by atoms with E-state index in [2.05, 4.69) is 20.6 Å². The minimum absolute atomic E-state index is 0.0707. The zero-order valence-electron chi connectivity index (χ0n) is 16.8. The third-order valence-corrected chi connectivity index (χ3v) is 5.94. The molecule has 1 saturated carbocycles. The molecule has 2 amide bonds. The number of amides is 2.